The predicted molar refractivity (Wildman–Crippen MR) is 49.3 cm³/mol. The first kappa shape index (κ1) is 7.47. The molecular formula is C10H12N2. The molecule has 0 amide bonds. The molecule has 62 valence electrons. The zero-order valence-electron chi connectivity index (χ0n) is 7.14. The lowest BCUT2D eigenvalue weighted by Gasteiger charge is -2.12. The van der Waals surface area contributed by atoms with Gasteiger partial charge in [0.05, 0.1) is 6.04 Å². The topological polar surface area (TPSA) is 25.2 Å². The number of hydrogen-bond donors (Lipinski definition) is 0. The smallest absolute Gasteiger partial charge is 0.0788 e. The van der Waals surface area contributed by atoms with Crippen LogP contribution >= 0.6 is 0 Å². The van der Waals surface area contributed by atoms with E-state index in [2.05, 4.69) is 23.0 Å². The number of aliphatic imine (C=N–C) groups is 1. The Balaban J connectivity index is 2.25. The summed E-state index contributed by atoms with van der Waals surface area (Å²) in [5.74, 6) is 0.634. The Morgan fingerprint density at radius 1 is 1.50 bits per heavy atom. The molecule has 2 atom stereocenters. The Kier molecular flexibility index (Phi) is 1.90. The summed E-state index contributed by atoms with van der Waals surface area (Å²) in [7, 11) is 0. The molecule has 2 nitrogen and oxygen atoms in total. The van der Waals surface area contributed by atoms with Gasteiger partial charge < -0.3 is 0 Å². The lowest BCUT2D eigenvalue weighted by atomic mass is 9.97. The fraction of sp³-hybridized carbons (Fsp3) is 0.400. The van der Waals surface area contributed by atoms with Crippen LogP contribution in [0.1, 0.15) is 24.9 Å². The first-order valence-corrected chi connectivity index (χ1v) is 4.29. The minimum atomic E-state index is 0.346. The van der Waals surface area contributed by atoms with Crippen LogP contribution in [0.2, 0.25) is 0 Å². The second-order valence-electron chi connectivity index (χ2n) is 3.28. The first-order valence-electron chi connectivity index (χ1n) is 4.29. The minimum Gasteiger partial charge on any atom is -0.289 e. The van der Waals surface area contributed by atoms with Crippen LogP contribution in [0, 0.1) is 5.92 Å². The van der Waals surface area contributed by atoms with E-state index < -0.39 is 0 Å². The predicted octanol–water partition coefficient (Wildman–Crippen LogP) is 2.23. The van der Waals surface area contributed by atoms with Crippen molar-refractivity contribution >= 4 is 6.21 Å². The van der Waals surface area contributed by atoms with E-state index in [1.807, 2.05) is 18.5 Å². The fourth-order valence-electron chi connectivity index (χ4n) is 1.58. The summed E-state index contributed by atoms with van der Waals surface area (Å²) in [6.07, 6.45) is 6.82. The van der Waals surface area contributed by atoms with E-state index in [1.54, 1.807) is 6.20 Å². The van der Waals surface area contributed by atoms with Gasteiger partial charge in [0.1, 0.15) is 0 Å². The van der Waals surface area contributed by atoms with Crippen LogP contribution in [0.15, 0.2) is 29.5 Å². The molecule has 0 N–H and O–H groups in total. The van der Waals surface area contributed by atoms with Crippen molar-refractivity contribution in [2.75, 3.05) is 0 Å². The monoisotopic (exact) mass is 160 g/mol. The second kappa shape index (κ2) is 3.05. The van der Waals surface area contributed by atoms with Crippen molar-refractivity contribution in [1.82, 2.24) is 4.98 Å². The van der Waals surface area contributed by atoms with Crippen LogP contribution in [0.4, 0.5) is 0 Å². The van der Waals surface area contributed by atoms with Gasteiger partial charge >= 0.3 is 0 Å². The van der Waals surface area contributed by atoms with Gasteiger partial charge in [-0.25, -0.2) is 0 Å². The van der Waals surface area contributed by atoms with Crippen LogP contribution in [0.5, 0.6) is 0 Å². The van der Waals surface area contributed by atoms with Crippen molar-refractivity contribution in [3.05, 3.63) is 30.1 Å². The highest BCUT2D eigenvalue weighted by molar-refractivity contribution is 5.61. The molecule has 1 aromatic rings. The first-order chi connectivity index (χ1) is 5.88. The maximum absolute atomic E-state index is 4.42. The summed E-state index contributed by atoms with van der Waals surface area (Å²) in [5, 5.41) is 0. The van der Waals surface area contributed by atoms with Gasteiger partial charge in [0.25, 0.3) is 0 Å². The van der Waals surface area contributed by atoms with Crippen molar-refractivity contribution in [2.45, 2.75) is 19.4 Å². The Labute approximate surface area is 72.4 Å². The molecule has 0 bridgehead atoms. The number of nitrogens with zero attached hydrogens (tertiary/aromatic N) is 2. The number of pyridine rings is 1. The molecule has 0 fully saturated rings. The average molecular weight is 160 g/mol. The van der Waals surface area contributed by atoms with Gasteiger partial charge in [0, 0.05) is 12.4 Å². The molecule has 12 heavy (non-hydrogen) atoms. The van der Waals surface area contributed by atoms with Crippen molar-refractivity contribution in [3.63, 3.8) is 0 Å². The van der Waals surface area contributed by atoms with E-state index in [0.29, 0.717) is 12.0 Å². The summed E-state index contributed by atoms with van der Waals surface area (Å²) in [6.45, 7) is 2.23. The summed E-state index contributed by atoms with van der Waals surface area (Å²) >= 11 is 0. The molecule has 0 saturated carbocycles. The quantitative estimate of drug-likeness (QED) is 0.618. The third-order valence-electron chi connectivity index (χ3n) is 2.31. The maximum Gasteiger partial charge on any atom is 0.0788 e. The van der Waals surface area contributed by atoms with E-state index >= 15 is 0 Å². The van der Waals surface area contributed by atoms with Gasteiger partial charge in [-0.1, -0.05) is 13.0 Å². The zero-order chi connectivity index (χ0) is 8.39. The molecule has 0 aliphatic carbocycles. The van der Waals surface area contributed by atoms with Gasteiger partial charge in [0.2, 0.25) is 0 Å². The van der Waals surface area contributed by atoms with Gasteiger partial charge in [-0.05, 0) is 30.2 Å². The lowest BCUT2D eigenvalue weighted by Crippen LogP contribution is -2.01. The Morgan fingerprint density at radius 3 is 3.00 bits per heavy atom. The Morgan fingerprint density at radius 2 is 2.42 bits per heavy atom. The number of hydrogen-bond acceptors (Lipinski definition) is 2. The van der Waals surface area contributed by atoms with Crippen molar-refractivity contribution in [1.29, 1.82) is 0 Å². The number of rotatable bonds is 1. The standard InChI is InChI=1S/C10H12N2/c1-8-4-6-12-10(8)9-3-2-5-11-7-9/h2-3,5-8,10H,4H2,1H3. The molecule has 2 heteroatoms. The van der Waals surface area contributed by atoms with Crippen molar-refractivity contribution in [2.24, 2.45) is 10.9 Å². The van der Waals surface area contributed by atoms with E-state index in [0.717, 1.165) is 6.42 Å². The molecular weight excluding hydrogens is 148 g/mol. The Bertz CT molecular complexity index is 279. The maximum atomic E-state index is 4.42. The molecule has 2 heterocycles. The third-order valence-corrected chi connectivity index (χ3v) is 2.31. The van der Waals surface area contributed by atoms with E-state index in [9.17, 15) is 0 Å². The molecule has 1 aromatic heterocycles. The van der Waals surface area contributed by atoms with Crippen LogP contribution in [-0.2, 0) is 0 Å². The molecule has 0 aromatic carbocycles. The van der Waals surface area contributed by atoms with Gasteiger partial charge in [-0.2, -0.15) is 0 Å². The normalized spacial score (nSPS) is 27.8. The SMILES string of the molecule is CC1CC=NC1c1cccnc1. The summed E-state index contributed by atoms with van der Waals surface area (Å²) < 4.78 is 0. The van der Waals surface area contributed by atoms with E-state index in [1.165, 1.54) is 5.56 Å². The zero-order valence-corrected chi connectivity index (χ0v) is 7.14. The largest absolute Gasteiger partial charge is 0.289 e. The Hall–Kier alpha value is -1.18. The summed E-state index contributed by atoms with van der Waals surface area (Å²) in [6, 6.07) is 4.41. The summed E-state index contributed by atoms with van der Waals surface area (Å²) in [4.78, 5) is 8.51. The molecule has 0 radical (unpaired) electrons. The van der Waals surface area contributed by atoms with Crippen molar-refractivity contribution < 1.29 is 0 Å². The molecule has 0 spiro atoms. The highest BCUT2D eigenvalue weighted by Crippen LogP contribution is 2.30. The minimum absolute atomic E-state index is 0.346. The van der Waals surface area contributed by atoms with E-state index in [4.69, 9.17) is 0 Å². The number of aromatic nitrogens is 1. The van der Waals surface area contributed by atoms with Gasteiger partial charge in [-0.15, -0.1) is 0 Å². The molecule has 2 unspecified atom stereocenters. The van der Waals surface area contributed by atoms with Crippen LogP contribution in [0.3, 0.4) is 0 Å². The van der Waals surface area contributed by atoms with Crippen LogP contribution in [-0.4, -0.2) is 11.2 Å². The van der Waals surface area contributed by atoms with Gasteiger partial charge in [-0.3, -0.25) is 9.98 Å². The summed E-state index contributed by atoms with van der Waals surface area (Å²) in [5.41, 5.74) is 1.23. The molecule has 1 aliphatic heterocycles. The third kappa shape index (κ3) is 1.24. The van der Waals surface area contributed by atoms with Crippen LogP contribution in [0.25, 0.3) is 0 Å². The van der Waals surface area contributed by atoms with E-state index in [-0.39, 0.29) is 0 Å². The lowest BCUT2D eigenvalue weighted by molar-refractivity contribution is 0.524. The fourth-order valence-corrected chi connectivity index (χ4v) is 1.58. The highest BCUT2D eigenvalue weighted by Gasteiger charge is 2.21. The average Bonchev–Trinajstić information content (AvgIpc) is 2.53. The highest BCUT2D eigenvalue weighted by atomic mass is 14.8. The van der Waals surface area contributed by atoms with Gasteiger partial charge in [0.15, 0.2) is 0 Å². The second-order valence-corrected chi connectivity index (χ2v) is 3.28. The molecule has 2 rings (SSSR count). The molecule has 0 saturated heterocycles. The van der Waals surface area contributed by atoms with Crippen molar-refractivity contribution in [3.8, 4) is 0 Å². The van der Waals surface area contributed by atoms with Crippen LogP contribution < -0.4 is 0 Å². The molecule has 1 aliphatic rings.